The smallest absolute Gasteiger partial charge is 0.329 e. The second kappa shape index (κ2) is 24.0. The number of hydrogen-bond acceptors (Lipinski definition) is 16. The van der Waals surface area contributed by atoms with Crippen molar-refractivity contribution < 1.29 is 67.1 Å². The Bertz CT molecular complexity index is 3120. The first-order valence-electron chi connectivity index (χ1n) is 25.9. The summed E-state index contributed by atoms with van der Waals surface area (Å²) in [5.41, 5.74) is 1.02. The molecule has 19 nitrogen and oxygen atoms in total. The number of methoxy groups -OCH3 is 3. The van der Waals surface area contributed by atoms with E-state index in [1.807, 2.05) is 77.7 Å². The summed E-state index contributed by atoms with van der Waals surface area (Å²) in [7, 11) is 3.45. The monoisotopic (exact) mass is 1080 g/mol. The molecule has 7 atom stereocenters. The number of nitrogens with one attached hydrogen (secondary N) is 2. The van der Waals surface area contributed by atoms with Crippen molar-refractivity contribution in [2.45, 2.75) is 56.0 Å². The molecular weight excluding hydrogens is 1010 g/mol. The highest BCUT2D eigenvalue weighted by atomic mass is 16.6. The molecule has 3 saturated heterocycles. The highest BCUT2D eigenvalue weighted by Crippen LogP contribution is 2.66. The number of carbonyl (C=O) groups excluding carboxylic acids is 7. The summed E-state index contributed by atoms with van der Waals surface area (Å²) in [4.78, 5) is 108. The summed E-state index contributed by atoms with van der Waals surface area (Å²) in [6.45, 7) is 5.51. The molecule has 0 saturated carbocycles. The van der Waals surface area contributed by atoms with Gasteiger partial charge in [-0.15, -0.1) is 0 Å². The summed E-state index contributed by atoms with van der Waals surface area (Å²) < 4.78 is 32.9. The van der Waals surface area contributed by atoms with Gasteiger partial charge in [0.05, 0.1) is 64.8 Å². The van der Waals surface area contributed by atoms with Gasteiger partial charge in [0.15, 0.2) is 5.92 Å². The fourth-order valence-electron chi connectivity index (χ4n) is 11.3. The maximum atomic E-state index is 16.9. The highest BCUT2D eigenvalue weighted by molar-refractivity contribution is 6.25. The lowest BCUT2D eigenvalue weighted by molar-refractivity contribution is -0.178. The number of imide groups is 1. The summed E-state index contributed by atoms with van der Waals surface area (Å²) in [5.74, 6) is -2.40. The Kier molecular flexibility index (Phi) is 16.8. The van der Waals surface area contributed by atoms with Crippen molar-refractivity contribution >= 4 is 58.8 Å². The van der Waals surface area contributed by atoms with Gasteiger partial charge in [-0.05, 0) is 82.8 Å². The summed E-state index contributed by atoms with van der Waals surface area (Å²) in [5, 5.41) is 15.5. The molecule has 4 aliphatic heterocycles. The van der Waals surface area contributed by atoms with E-state index in [9.17, 15) is 19.5 Å². The van der Waals surface area contributed by atoms with Crippen LogP contribution in [0.1, 0.15) is 66.3 Å². The lowest BCUT2D eigenvalue weighted by Crippen LogP contribution is -2.57. The topological polar surface area (TPSA) is 229 Å². The van der Waals surface area contributed by atoms with Crippen LogP contribution in [0.5, 0.6) is 5.75 Å². The average molecular weight is 1080 g/mol. The number of cyclic esters (lactones) is 1. The highest BCUT2D eigenvalue weighted by Gasteiger charge is 2.75. The molecule has 19 heteroatoms. The van der Waals surface area contributed by atoms with Crippen molar-refractivity contribution in [3.8, 4) is 17.6 Å². The Balaban J connectivity index is 1.33. The molecule has 5 aromatic carbocycles. The molecule has 1 spiro atoms. The molecule has 9 rings (SSSR count). The molecule has 0 radical (unpaired) electrons. The molecule has 4 amide bonds. The summed E-state index contributed by atoms with van der Waals surface area (Å²) >= 11 is 0. The predicted molar refractivity (Wildman–Crippen MR) is 287 cm³/mol. The predicted octanol–water partition coefficient (Wildman–Crippen LogP) is 5.81. The summed E-state index contributed by atoms with van der Waals surface area (Å²) in [6, 6.07) is 30.9. The van der Waals surface area contributed by atoms with Crippen LogP contribution in [0.3, 0.4) is 0 Å². The molecule has 4 aliphatic rings. The zero-order valence-corrected chi connectivity index (χ0v) is 44.3. The van der Waals surface area contributed by atoms with Gasteiger partial charge in [-0.2, -0.15) is 0 Å². The minimum atomic E-state index is -2.25. The first kappa shape index (κ1) is 55.2. The number of hydrogen-bond donors (Lipinski definition) is 3. The molecule has 410 valence electrons. The number of esters is 4. The van der Waals surface area contributed by atoms with Gasteiger partial charge in [-0.25, -0.2) is 14.5 Å². The van der Waals surface area contributed by atoms with Crippen molar-refractivity contribution in [1.82, 2.24) is 10.2 Å². The van der Waals surface area contributed by atoms with E-state index in [1.165, 1.54) is 19.2 Å². The normalized spacial score (nSPS) is 21.7. The Morgan fingerprint density at radius 1 is 0.759 bits per heavy atom. The van der Waals surface area contributed by atoms with E-state index in [0.29, 0.717) is 54.4 Å². The van der Waals surface area contributed by atoms with Gasteiger partial charge < -0.3 is 49.1 Å². The zero-order valence-electron chi connectivity index (χ0n) is 44.3. The molecule has 5 aromatic rings. The van der Waals surface area contributed by atoms with Crippen LogP contribution < -0.4 is 25.2 Å². The SMILES string of the molecule is COC(=O)C(CC#Cc1ccc2c(c1)C1(C(=O)N2C(=O)NC(C(=O)OC)C(C)C)C(C(=O)Nc2ccc(N3CCOCC3)cc2)C2C(=O)OC(c3ccccc3)C(c3ccccc3)N2C1c1ccc(OCCO)cc1)C(=O)OC. The number of morpholine rings is 2. The molecule has 4 heterocycles. The number of ether oxygens (including phenoxy) is 6. The van der Waals surface area contributed by atoms with Crippen LogP contribution in [0.2, 0.25) is 0 Å². The van der Waals surface area contributed by atoms with Crippen molar-refractivity contribution in [3.63, 3.8) is 0 Å². The first-order valence-corrected chi connectivity index (χ1v) is 25.9. The van der Waals surface area contributed by atoms with Gasteiger partial charge >= 0.3 is 29.9 Å². The Hall–Kier alpha value is -8.57. The van der Waals surface area contributed by atoms with E-state index < -0.39 is 95.2 Å². The molecular formula is C60H61N5O14. The molecule has 7 unspecified atom stereocenters. The van der Waals surface area contributed by atoms with E-state index in [-0.39, 0.29) is 36.4 Å². The second-order valence-corrected chi connectivity index (χ2v) is 19.7. The number of anilines is 3. The third-order valence-corrected chi connectivity index (χ3v) is 14.9. The number of aliphatic hydroxyl groups is 1. The fraction of sp³-hybridized carbons (Fsp3) is 0.350. The van der Waals surface area contributed by atoms with Crippen LogP contribution in [-0.2, 0) is 57.9 Å². The van der Waals surface area contributed by atoms with E-state index >= 15 is 19.2 Å². The minimum Gasteiger partial charge on any atom is -0.491 e. The molecule has 0 aliphatic carbocycles. The number of rotatable bonds is 15. The van der Waals surface area contributed by atoms with Crippen LogP contribution in [0.15, 0.2) is 127 Å². The largest absolute Gasteiger partial charge is 0.491 e. The van der Waals surface area contributed by atoms with Crippen molar-refractivity contribution in [2.75, 3.05) is 76.0 Å². The third kappa shape index (κ3) is 10.6. The number of nitrogens with zero attached hydrogens (tertiary/aromatic N) is 3. The van der Waals surface area contributed by atoms with Gasteiger partial charge in [0.1, 0.15) is 36.0 Å². The van der Waals surface area contributed by atoms with Gasteiger partial charge in [-0.1, -0.05) is 98.5 Å². The van der Waals surface area contributed by atoms with Crippen molar-refractivity contribution in [1.29, 1.82) is 0 Å². The lowest BCUT2D eigenvalue weighted by Gasteiger charge is -2.46. The number of urea groups is 1. The zero-order chi connectivity index (χ0) is 56.0. The number of carbonyl (C=O) groups is 7. The number of amides is 4. The molecule has 3 fully saturated rings. The maximum absolute atomic E-state index is 16.9. The third-order valence-electron chi connectivity index (χ3n) is 14.9. The van der Waals surface area contributed by atoms with Gasteiger partial charge in [0.2, 0.25) is 11.8 Å². The van der Waals surface area contributed by atoms with E-state index in [2.05, 4.69) is 27.4 Å². The van der Waals surface area contributed by atoms with Gasteiger partial charge in [0, 0.05) is 36.4 Å². The number of aliphatic hydroxyl groups excluding tert-OH is 1. The summed E-state index contributed by atoms with van der Waals surface area (Å²) in [6.07, 6.45) is -1.35. The lowest BCUT2D eigenvalue weighted by atomic mass is 9.65. The molecule has 0 bridgehead atoms. The molecule has 3 N–H and O–H groups in total. The minimum absolute atomic E-state index is 0.00654. The van der Waals surface area contributed by atoms with E-state index in [0.717, 1.165) is 24.8 Å². The Labute approximate surface area is 457 Å². The maximum Gasteiger partial charge on any atom is 0.329 e. The van der Waals surface area contributed by atoms with Crippen molar-refractivity contribution in [2.24, 2.45) is 17.8 Å². The van der Waals surface area contributed by atoms with Crippen LogP contribution in [0.4, 0.5) is 21.9 Å². The van der Waals surface area contributed by atoms with Crippen LogP contribution in [0.25, 0.3) is 0 Å². The number of fused-ring (bicyclic) bond motifs is 3. The van der Waals surface area contributed by atoms with Gasteiger partial charge in [-0.3, -0.25) is 28.9 Å². The van der Waals surface area contributed by atoms with E-state index in [1.54, 1.807) is 56.3 Å². The quantitative estimate of drug-likeness (QED) is 0.0486. The van der Waals surface area contributed by atoms with Crippen LogP contribution >= 0.6 is 0 Å². The average Bonchev–Trinajstić information content (AvgIpc) is 2.41. The first-order chi connectivity index (χ1) is 38.3. The molecule has 79 heavy (non-hydrogen) atoms. The second-order valence-electron chi connectivity index (χ2n) is 19.7. The van der Waals surface area contributed by atoms with Crippen LogP contribution in [0, 0.1) is 29.6 Å². The standard InChI is InChI=1S/C60H61N5O14/c1-36(2)48(56(70)76-5)62-59(73)64-46-28-19-37(13-12-18-44(54(68)74-3)55(69)75-4)35-45(46)60(58(64)72)47(53(67)61-41-22-24-42(25-23-41)63-29-32-77-33-30-63)50-57(71)79-51(39-16-10-7-11-17-39)49(38-14-8-6-9-15-38)65(50)52(60)40-20-26-43(27-21-40)78-34-31-66/h6-11,14-17,19-28,35-36,44,47-52,66H,18,29-34H2,1-5H3,(H,61,67)(H,62,73). The van der Waals surface area contributed by atoms with Crippen LogP contribution in [-0.4, -0.2) is 125 Å². The molecule has 0 aromatic heterocycles. The Morgan fingerprint density at radius 3 is 2.00 bits per heavy atom. The fourth-order valence-corrected chi connectivity index (χ4v) is 11.3. The number of benzene rings is 5. The van der Waals surface area contributed by atoms with E-state index in [4.69, 9.17) is 28.4 Å². The van der Waals surface area contributed by atoms with Gasteiger partial charge in [0.25, 0.3) is 0 Å². The Morgan fingerprint density at radius 2 is 1.39 bits per heavy atom. The van der Waals surface area contributed by atoms with Crippen molar-refractivity contribution in [3.05, 3.63) is 155 Å².